The summed E-state index contributed by atoms with van der Waals surface area (Å²) in [6.07, 6.45) is 3.75. The quantitative estimate of drug-likeness (QED) is 0.771. The van der Waals surface area contributed by atoms with Crippen molar-refractivity contribution in [2.45, 2.75) is 13.5 Å². The van der Waals surface area contributed by atoms with E-state index in [1.165, 1.54) is 22.1 Å². The Morgan fingerprint density at radius 2 is 2.05 bits per heavy atom. The average Bonchev–Trinajstić information content (AvgIpc) is 2.56. The van der Waals surface area contributed by atoms with E-state index in [4.69, 9.17) is 4.74 Å². The second-order valence-corrected chi connectivity index (χ2v) is 5.19. The Labute approximate surface area is 131 Å². The zero-order valence-electron chi connectivity index (χ0n) is 13.0. The number of aromatic nitrogens is 1. The van der Waals surface area contributed by atoms with Gasteiger partial charge in [0.25, 0.3) is 0 Å². The van der Waals surface area contributed by atoms with Crippen molar-refractivity contribution in [2.75, 3.05) is 13.7 Å². The summed E-state index contributed by atoms with van der Waals surface area (Å²) in [6.45, 7) is 3.47. The minimum absolute atomic E-state index is 0.677. The van der Waals surface area contributed by atoms with Crippen LogP contribution in [0.2, 0.25) is 0 Å². The summed E-state index contributed by atoms with van der Waals surface area (Å²) in [5.74, 6) is 0.947. The zero-order chi connectivity index (χ0) is 15.4. The molecule has 0 aliphatic rings. The van der Waals surface area contributed by atoms with E-state index >= 15 is 0 Å². The number of benzene rings is 2. The molecule has 22 heavy (non-hydrogen) atoms. The van der Waals surface area contributed by atoms with Gasteiger partial charge in [0.2, 0.25) is 0 Å². The topological polar surface area (TPSA) is 34.1 Å². The van der Waals surface area contributed by atoms with Crippen LogP contribution in [-0.2, 0) is 6.54 Å². The van der Waals surface area contributed by atoms with Crippen molar-refractivity contribution in [3.63, 3.8) is 0 Å². The largest absolute Gasteiger partial charge is 0.494 e. The average molecular weight is 292 g/mol. The van der Waals surface area contributed by atoms with Gasteiger partial charge >= 0.3 is 0 Å². The monoisotopic (exact) mass is 292 g/mol. The lowest BCUT2D eigenvalue weighted by atomic mass is 9.97. The lowest BCUT2D eigenvalue weighted by Crippen LogP contribution is -2.07. The smallest absolute Gasteiger partial charge is 0.123 e. The van der Waals surface area contributed by atoms with Crippen LogP contribution in [0.5, 0.6) is 5.75 Å². The molecule has 3 nitrogen and oxygen atoms in total. The number of rotatable bonds is 5. The van der Waals surface area contributed by atoms with E-state index in [2.05, 4.69) is 52.8 Å². The predicted octanol–water partition coefficient (Wildman–Crippen LogP) is 4.02. The third kappa shape index (κ3) is 2.81. The van der Waals surface area contributed by atoms with E-state index < -0.39 is 0 Å². The molecule has 1 heterocycles. The van der Waals surface area contributed by atoms with Crippen molar-refractivity contribution in [3.05, 3.63) is 60.4 Å². The maximum absolute atomic E-state index is 5.72. The fourth-order valence-electron chi connectivity index (χ4n) is 2.75. The summed E-state index contributed by atoms with van der Waals surface area (Å²) in [6, 6.07) is 14.8. The van der Waals surface area contributed by atoms with Gasteiger partial charge in [0.05, 0.1) is 6.61 Å². The van der Waals surface area contributed by atoms with Crippen LogP contribution in [0.15, 0.2) is 54.9 Å². The molecule has 0 aliphatic heterocycles. The maximum atomic E-state index is 5.72. The highest BCUT2D eigenvalue weighted by atomic mass is 16.5. The predicted molar refractivity (Wildman–Crippen MR) is 91.1 cm³/mol. The Hall–Kier alpha value is -2.39. The molecule has 3 aromatic rings. The second-order valence-electron chi connectivity index (χ2n) is 5.19. The van der Waals surface area contributed by atoms with Crippen LogP contribution in [-0.4, -0.2) is 18.6 Å². The highest BCUT2D eigenvalue weighted by molar-refractivity contribution is 5.96. The van der Waals surface area contributed by atoms with Crippen molar-refractivity contribution < 1.29 is 4.74 Å². The van der Waals surface area contributed by atoms with E-state index in [0.29, 0.717) is 6.61 Å². The molecule has 0 saturated heterocycles. The van der Waals surface area contributed by atoms with Crippen molar-refractivity contribution in [1.29, 1.82) is 0 Å². The molecule has 0 spiro atoms. The van der Waals surface area contributed by atoms with Gasteiger partial charge in [-0.15, -0.1) is 0 Å². The highest BCUT2D eigenvalue weighted by Crippen LogP contribution is 2.31. The first-order valence-electron chi connectivity index (χ1n) is 7.57. The number of hydrogen-bond acceptors (Lipinski definition) is 3. The first-order valence-corrected chi connectivity index (χ1v) is 7.57. The Bertz CT molecular complexity index is 778. The maximum Gasteiger partial charge on any atom is 0.123 e. The molecule has 0 saturated carbocycles. The third-order valence-electron chi connectivity index (χ3n) is 3.72. The second kappa shape index (κ2) is 6.58. The molecule has 0 atom stereocenters. The van der Waals surface area contributed by atoms with Crippen LogP contribution in [0.4, 0.5) is 0 Å². The number of nitrogens with zero attached hydrogens (tertiary/aromatic N) is 1. The Kier molecular flexibility index (Phi) is 4.35. The Morgan fingerprint density at radius 1 is 1.14 bits per heavy atom. The number of hydrogen-bond donors (Lipinski definition) is 1. The summed E-state index contributed by atoms with van der Waals surface area (Å²) in [5, 5.41) is 5.58. The van der Waals surface area contributed by atoms with Crippen LogP contribution in [0, 0.1) is 0 Å². The van der Waals surface area contributed by atoms with Crippen LogP contribution in [0.3, 0.4) is 0 Å². The minimum Gasteiger partial charge on any atom is -0.494 e. The summed E-state index contributed by atoms with van der Waals surface area (Å²) < 4.78 is 5.72. The number of pyridine rings is 1. The minimum atomic E-state index is 0.677. The molecule has 0 radical (unpaired) electrons. The number of ether oxygens (including phenoxy) is 1. The highest BCUT2D eigenvalue weighted by Gasteiger charge is 2.08. The van der Waals surface area contributed by atoms with Gasteiger partial charge in [-0.3, -0.25) is 4.98 Å². The zero-order valence-corrected chi connectivity index (χ0v) is 13.0. The van der Waals surface area contributed by atoms with Crippen molar-refractivity contribution in [3.8, 4) is 16.9 Å². The number of nitrogens with one attached hydrogen (secondary N) is 1. The number of fused-ring (bicyclic) bond motifs is 1. The summed E-state index contributed by atoms with van der Waals surface area (Å²) in [5.41, 5.74) is 3.60. The molecule has 0 unspecified atom stereocenters. The lowest BCUT2D eigenvalue weighted by molar-refractivity contribution is 0.336. The first kappa shape index (κ1) is 14.5. The molecular weight excluding hydrogens is 272 g/mol. The van der Waals surface area contributed by atoms with E-state index in [9.17, 15) is 0 Å². The Morgan fingerprint density at radius 3 is 2.86 bits per heavy atom. The van der Waals surface area contributed by atoms with Crippen molar-refractivity contribution >= 4 is 10.8 Å². The molecule has 0 aliphatic carbocycles. The first-order chi connectivity index (χ1) is 10.8. The van der Waals surface area contributed by atoms with Gasteiger partial charge in [0, 0.05) is 29.9 Å². The molecule has 1 N–H and O–H groups in total. The van der Waals surface area contributed by atoms with Gasteiger partial charge in [-0.05, 0) is 48.7 Å². The fourth-order valence-corrected chi connectivity index (χ4v) is 2.75. The van der Waals surface area contributed by atoms with E-state index in [1.54, 1.807) is 0 Å². The van der Waals surface area contributed by atoms with Gasteiger partial charge in [0.15, 0.2) is 0 Å². The van der Waals surface area contributed by atoms with Crippen LogP contribution < -0.4 is 10.1 Å². The molecule has 3 heteroatoms. The van der Waals surface area contributed by atoms with Gasteiger partial charge in [-0.1, -0.05) is 24.3 Å². The van der Waals surface area contributed by atoms with E-state index in [0.717, 1.165) is 17.7 Å². The van der Waals surface area contributed by atoms with E-state index in [1.807, 2.05) is 26.4 Å². The van der Waals surface area contributed by atoms with Crippen LogP contribution in [0.25, 0.3) is 21.9 Å². The summed E-state index contributed by atoms with van der Waals surface area (Å²) in [4.78, 5) is 4.20. The fraction of sp³-hybridized carbons (Fsp3) is 0.211. The lowest BCUT2D eigenvalue weighted by Gasteiger charge is -2.13. The summed E-state index contributed by atoms with van der Waals surface area (Å²) >= 11 is 0. The van der Waals surface area contributed by atoms with Crippen LogP contribution >= 0.6 is 0 Å². The SMILES string of the molecule is CCOc1ccc(-c2cccc3cnccc23)cc1CNC. The molecule has 1 aromatic heterocycles. The molecule has 2 aromatic carbocycles. The van der Waals surface area contributed by atoms with Crippen LogP contribution in [0.1, 0.15) is 12.5 Å². The van der Waals surface area contributed by atoms with Gasteiger partial charge < -0.3 is 10.1 Å². The van der Waals surface area contributed by atoms with Crippen molar-refractivity contribution in [1.82, 2.24) is 10.3 Å². The molecule has 112 valence electrons. The van der Waals surface area contributed by atoms with Gasteiger partial charge in [-0.2, -0.15) is 0 Å². The van der Waals surface area contributed by atoms with E-state index in [-0.39, 0.29) is 0 Å². The van der Waals surface area contributed by atoms with Gasteiger partial charge in [0.1, 0.15) is 5.75 Å². The molecule has 0 bridgehead atoms. The molecule has 0 fully saturated rings. The molecule has 3 rings (SSSR count). The van der Waals surface area contributed by atoms with Crippen molar-refractivity contribution in [2.24, 2.45) is 0 Å². The normalized spacial score (nSPS) is 10.8. The van der Waals surface area contributed by atoms with Gasteiger partial charge in [-0.25, -0.2) is 0 Å². The Balaban J connectivity index is 2.12. The summed E-state index contributed by atoms with van der Waals surface area (Å²) in [7, 11) is 1.95. The molecular formula is C19H20N2O. The standard InChI is InChI=1S/C19H20N2O/c1-3-22-19-8-7-14(11-16(19)12-20-2)17-6-4-5-15-13-21-10-9-18(15)17/h4-11,13,20H,3,12H2,1-2H3. The third-order valence-corrected chi connectivity index (χ3v) is 3.72. The molecule has 0 amide bonds.